The van der Waals surface area contributed by atoms with E-state index in [4.69, 9.17) is 15.2 Å². The van der Waals surface area contributed by atoms with Crippen molar-refractivity contribution in [1.82, 2.24) is 9.97 Å². The van der Waals surface area contributed by atoms with E-state index >= 15 is 0 Å². The van der Waals surface area contributed by atoms with Gasteiger partial charge < -0.3 is 15.2 Å². The van der Waals surface area contributed by atoms with Gasteiger partial charge in [0, 0.05) is 12.4 Å². The lowest BCUT2D eigenvalue weighted by Gasteiger charge is -2.14. The van der Waals surface area contributed by atoms with Crippen LogP contribution in [0.4, 0.5) is 0 Å². The highest BCUT2D eigenvalue weighted by atomic mass is 16.5. The van der Waals surface area contributed by atoms with Gasteiger partial charge >= 0.3 is 0 Å². The highest BCUT2D eigenvalue weighted by molar-refractivity contribution is 5.36. The van der Waals surface area contributed by atoms with Crippen LogP contribution in [0.25, 0.3) is 0 Å². The zero-order valence-corrected chi connectivity index (χ0v) is 10.3. The molecule has 1 aromatic heterocycles. The lowest BCUT2D eigenvalue weighted by Crippen LogP contribution is -2.15. The predicted molar refractivity (Wildman–Crippen MR) is 67.6 cm³/mol. The third kappa shape index (κ3) is 2.41. The maximum Gasteiger partial charge on any atom is 0.237 e. The van der Waals surface area contributed by atoms with E-state index in [1.54, 1.807) is 26.6 Å². The third-order valence-electron chi connectivity index (χ3n) is 2.63. The van der Waals surface area contributed by atoms with Gasteiger partial charge in [0.1, 0.15) is 11.4 Å². The molecule has 0 spiro atoms. The number of benzene rings is 1. The molecule has 2 aromatic rings. The van der Waals surface area contributed by atoms with Crippen LogP contribution >= 0.6 is 0 Å². The Morgan fingerprint density at radius 3 is 2.61 bits per heavy atom. The number of rotatable bonds is 4. The summed E-state index contributed by atoms with van der Waals surface area (Å²) >= 11 is 0. The Morgan fingerprint density at radius 2 is 1.89 bits per heavy atom. The van der Waals surface area contributed by atoms with Gasteiger partial charge in [0.05, 0.1) is 20.3 Å². The quantitative estimate of drug-likeness (QED) is 0.884. The molecule has 1 atom stereocenters. The lowest BCUT2D eigenvalue weighted by atomic mass is 10.0. The van der Waals surface area contributed by atoms with Crippen LogP contribution in [-0.2, 0) is 0 Å². The van der Waals surface area contributed by atoms with Crippen molar-refractivity contribution in [2.45, 2.75) is 6.04 Å². The van der Waals surface area contributed by atoms with E-state index in [-0.39, 0.29) is 0 Å². The van der Waals surface area contributed by atoms with E-state index in [0.717, 1.165) is 11.3 Å². The Balaban J connectivity index is 2.37. The van der Waals surface area contributed by atoms with Gasteiger partial charge in [0.25, 0.3) is 0 Å². The maximum absolute atomic E-state index is 6.18. The van der Waals surface area contributed by atoms with Crippen molar-refractivity contribution in [1.29, 1.82) is 0 Å². The van der Waals surface area contributed by atoms with Gasteiger partial charge in [-0.3, -0.25) is 4.98 Å². The molecule has 0 aliphatic heterocycles. The predicted octanol–water partition coefficient (Wildman–Crippen LogP) is 1.54. The maximum atomic E-state index is 6.18. The lowest BCUT2D eigenvalue weighted by molar-refractivity contribution is 0.386. The summed E-state index contributed by atoms with van der Waals surface area (Å²) in [5.41, 5.74) is 7.68. The van der Waals surface area contributed by atoms with Gasteiger partial charge in [-0.15, -0.1) is 0 Å². The van der Waals surface area contributed by atoms with Crippen LogP contribution in [-0.4, -0.2) is 24.2 Å². The Kier molecular flexibility index (Phi) is 3.74. The number of methoxy groups -OCH3 is 2. The first-order valence-corrected chi connectivity index (χ1v) is 5.50. The smallest absolute Gasteiger partial charge is 0.237 e. The molecular weight excluding hydrogens is 230 g/mol. The second kappa shape index (κ2) is 5.46. The van der Waals surface area contributed by atoms with Gasteiger partial charge in [0.2, 0.25) is 5.88 Å². The van der Waals surface area contributed by atoms with Crippen LogP contribution in [0.2, 0.25) is 0 Å². The fourth-order valence-electron chi connectivity index (χ4n) is 1.70. The molecule has 0 amide bonds. The highest BCUT2D eigenvalue weighted by Crippen LogP contribution is 2.26. The minimum absolute atomic E-state index is 0.399. The van der Waals surface area contributed by atoms with Gasteiger partial charge in [-0.1, -0.05) is 12.1 Å². The van der Waals surface area contributed by atoms with Crippen LogP contribution in [0.5, 0.6) is 11.6 Å². The standard InChI is InChI=1S/C13H15N3O2/c1-17-10-5-3-4-9(8-10)11(14)12-13(18-2)16-7-6-15-12/h3-8,11H,14H2,1-2H3. The summed E-state index contributed by atoms with van der Waals surface area (Å²) in [6.45, 7) is 0. The second-order valence-electron chi connectivity index (χ2n) is 3.71. The first-order chi connectivity index (χ1) is 8.76. The number of aromatic nitrogens is 2. The summed E-state index contributed by atoms with van der Waals surface area (Å²) in [5.74, 6) is 1.19. The summed E-state index contributed by atoms with van der Waals surface area (Å²) in [5, 5.41) is 0. The zero-order chi connectivity index (χ0) is 13.0. The van der Waals surface area contributed by atoms with E-state index in [0.29, 0.717) is 11.6 Å². The summed E-state index contributed by atoms with van der Waals surface area (Å²) < 4.78 is 10.3. The minimum Gasteiger partial charge on any atom is -0.497 e. The van der Waals surface area contributed by atoms with Gasteiger partial charge in [-0.25, -0.2) is 4.98 Å². The van der Waals surface area contributed by atoms with Crippen LogP contribution < -0.4 is 15.2 Å². The Bertz CT molecular complexity index is 531. The van der Waals surface area contributed by atoms with Crippen LogP contribution in [0.1, 0.15) is 17.3 Å². The summed E-state index contributed by atoms with van der Waals surface area (Å²) in [6, 6.07) is 7.14. The zero-order valence-electron chi connectivity index (χ0n) is 10.3. The first-order valence-electron chi connectivity index (χ1n) is 5.50. The van der Waals surface area contributed by atoms with Gasteiger partial charge in [-0.05, 0) is 17.7 Å². The number of hydrogen-bond acceptors (Lipinski definition) is 5. The number of hydrogen-bond donors (Lipinski definition) is 1. The summed E-state index contributed by atoms with van der Waals surface area (Å²) in [4.78, 5) is 8.32. The largest absolute Gasteiger partial charge is 0.497 e. The molecule has 0 bridgehead atoms. The van der Waals surface area contributed by atoms with Crippen LogP contribution in [0.3, 0.4) is 0 Å². The SMILES string of the molecule is COc1cccc(C(N)c2nccnc2OC)c1. The number of nitrogens with zero attached hydrogens (tertiary/aromatic N) is 2. The molecule has 5 heteroatoms. The van der Waals surface area contributed by atoms with Gasteiger partial charge in [0.15, 0.2) is 0 Å². The molecule has 1 aromatic carbocycles. The van der Waals surface area contributed by atoms with Crippen molar-refractivity contribution >= 4 is 0 Å². The molecule has 5 nitrogen and oxygen atoms in total. The second-order valence-corrected chi connectivity index (χ2v) is 3.71. The topological polar surface area (TPSA) is 70.3 Å². The van der Waals surface area contributed by atoms with E-state index in [9.17, 15) is 0 Å². The molecule has 0 fully saturated rings. The van der Waals surface area contributed by atoms with E-state index in [1.165, 1.54) is 0 Å². The normalized spacial score (nSPS) is 11.9. The van der Waals surface area contributed by atoms with Gasteiger partial charge in [-0.2, -0.15) is 0 Å². The minimum atomic E-state index is -0.399. The third-order valence-corrected chi connectivity index (χ3v) is 2.63. The molecular formula is C13H15N3O2. The van der Waals surface area contributed by atoms with E-state index in [1.807, 2.05) is 24.3 Å². The molecule has 0 aliphatic carbocycles. The van der Waals surface area contributed by atoms with Crippen molar-refractivity contribution in [3.05, 3.63) is 47.9 Å². The highest BCUT2D eigenvalue weighted by Gasteiger charge is 2.16. The monoisotopic (exact) mass is 245 g/mol. The Hall–Kier alpha value is -2.14. The molecule has 0 saturated carbocycles. The molecule has 1 unspecified atom stereocenters. The Labute approximate surface area is 106 Å². The molecule has 1 heterocycles. The average Bonchev–Trinajstić information content (AvgIpc) is 2.46. The number of ether oxygens (including phenoxy) is 2. The summed E-state index contributed by atoms with van der Waals surface area (Å²) in [7, 11) is 3.17. The van der Waals surface area contributed by atoms with Crippen molar-refractivity contribution in [3.8, 4) is 11.6 Å². The van der Waals surface area contributed by atoms with Crippen molar-refractivity contribution in [3.63, 3.8) is 0 Å². The van der Waals surface area contributed by atoms with Crippen LogP contribution in [0.15, 0.2) is 36.7 Å². The molecule has 2 N–H and O–H groups in total. The molecule has 18 heavy (non-hydrogen) atoms. The summed E-state index contributed by atoms with van der Waals surface area (Å²) in [6.07, 6.45) is 3.17. The molecule has 0 aliphatic rings. The van der Waals surface area contributed by atoms with E-state index in [2.05, 4.69) is 9.97 Å². The fraction of sp³-hybridized carbons (Fsp3) is 0.231. The molecule has 0 saturated heterocycles. The average molecular weight is 245 g/mol. The van der Waals surface area contributed by atoms with Crippen molar-refractivity contribution < 1.29 is 9.47 Å². The molecule has 0 radical (unpaired) electrons. The number of nitrogens with two attached hydrogens (primary N) is 1. The van der Waals surface area contributed by atoms with Crippen molar-refractivity contribution in [2.75, 3.05) is 14.2 Å². The fourth-order valence-corrected chi connectivity index (χ4v) is 1.70. The van der Waals surface area contributed by atoms with Crippen LogP contribution in [0, 0.1) is 0 Å². The van der Waals surface area contributed by atoms with Crippen molar-refractivity contribution in [2.24, 2.45) is 5.73 Å². The van der Waals surface area contributed by atoms with E-state index < -0.39 is 6.04 Å². The Morgan fingerprint density at radius 1 is 1.11 bits per heavy atom. The molecule has 2 rings (SSSR count). The first kappa shape index (κ1) is 12.3. The molecule has 94 valence electrons.